The van der Waals surface area contributed by atoms with Gasteiger partial charge in [-0.05, 0) is 58.7 Å². The summed E-state index contributed by atoms with van der Waals surface area (Å²) in [6.07, 6.45) is 0. The maximum atomic E-state index is 6.67. The number of fused-ring (bicyclic) bond motifs is 7. The molecule has 7 rings (SSSR count). The number of hydrogen-bond acceptors (Lipinski definition) is 2. The topological polar surface area (TPSA) is 16.4 Å². The number of nitrogens with zero attached hydrogens (tertiary/aromatic N) is 1. The van der Waals surface area contributed by atoms with Crippen LogP contribution in [0.3, 0.4) is 0 Å². The third kappa shape index (κ3) is 2.83. The molecule has 1 aliphatic rings. The Labute approximate surface area is 205 Å². The molecule has 0 amide bonds. The van der Waals surface area contributed by atoms with E-state index in [0.29, 0.717) is 0 Å². The zero-order valence-corrected chi connectivity index (χ0v) is 19.8. The van der Waals surface area contributed by atoms with E-state index in [0.717, 1.165) is 33.6 Å². The SMILES string of the molecule is CC1(C)c2ccccc2-c2c1ccc1oc3c(N(c4ccccc4)c4ccccc4)cccc3c21. The fourth-order valence-corrected chi connectivity index (χ4v) is 5.82. The van der Waals surface area contributed by atoms with Gasteiger partial charge >= 0.3 is 0 Å². The van der Waals surface area contributed by atoms with Crippen molar-refractivity contribution in [3.8, 4) is 11.1 Å². The molecule has 0 saturated heterocycles. The first-order valence-electron chi connectivity index (χ1n) is 12.1. The van der Waals surface area contributed by atoms with Crippen molar-refractivity contribution in [3.63, 3.8) is 0 Å². The fraction of sp³-hybridized carbons (Fsp3) is 0.0909. The zero-order chi connectivity index (χ0) is 23.6. The van der Waals surface area contributed by atoms with Gasteiger partial charge in [-0.25, -0.2) is 0 Å². The maximum absolute atomic E-state index is 6.67. The lowest BCUT2D eigenvalue weighted by Crippen LogP contribution is -2.14. The van der Waals surface area contributed by atoms with Gasteiger partial charge in [0.25, 0.3) is 0 Å². The average Bonchev–Trinajstić information content (AvgIpc) is 3.39. The first kappa shape index (κ1) is 20.1. The van der Waals surface area contributed by atoms with Gasteiger partial charge in [0.15, 0.2) is 5.58 Å². The van der Waals surface area contributed by atoms with Crippen molar-refractivity contribution in [1.29, 1.82) is 0 Å². The molecule has 5 aromatic carbocycles. The van der Waals surface area contributed by atoms with Crippen molar-refractivity contribution in [2.45, 2.75) is 19.3 Å². The summed E-state index contributed by atoms with van der Waals surface area (Å²) in [5.41, 5.74) is 10.4. The molecule has 0 atom stereocenters. The molecule has 2 nitrogen and oxygen atoms in total. The molecule has 0 spiro atoms. The molecule has 1 aromatic heterocycles. The van der Waals surface area contributed by atoms with Crippen LogP contribution in [0.25, 0.3) is 33.1 Å². The quantitative estimate of drug-likeness (QED) is 0.266. The smallest absolute Gasteiger partial charge is 0.159 e. The predicted molar refractivity (Wildman–Crippen MR) is 146 cm³/mol. The number of furan rings is 1. The highest BCUT2D eigenvalue weighted by Crippen LogP contribution is 2.53. The van der Waals surface area contributed by atoms with Crippen LogP contribution in [-0.2, 0) is 5.41 Å². The van der Waals surface area contributed by atoms with Gasteiger partial charge in [-0.2, -0.15) is 0 Å². The molecule has 0 fully saturated rings. The van der Waals surface area contributed by atoms with E-state index in [4.69, 9.17) is 4.42 Å². The second-order valence-corrected chi connectivity index (χ2v) is 9.79. The standard InChI is InChI=1S/C33H25NO/c1-33(2)26-18-10-9-16-24(26)30-27(33)20-21-29-31(30)25-17-11-19-28(32(25)35-29)34(22-12-5-3-6-13-22)23-14-7-4-8-15-23/h3-21H,1-2H3. The normalized spacial score (nSPS) is 13.7. The average molecular weight is 452 g/mol. The first-order valence-corrected chi connectivity index (χ1v) is 12.1. The Morgan fingerprint density at radius 1 is 0.600 bits per heavy atom. The lowest BCUT2D eigenvalue weighted by atomic mass is 9.82. The Bertz CT molecular complexity index is 1670. The number of hydrogen-bond donors (Lipinski definition) is 0. The van der Waals surface area contributed by atoms with E-state index < -0.39 is 0 Å². The van der Waals surface area contributed by atoms with E-state index in [9.17, 15) is 0 Å². The molecule has 1 aliphatic carbocycles. The van der Waals surface area contributed by atoms with Crippen LogP contribution in [0.4, 0.5) is 17.1 Å². The van der Waals surface area contributed by atoms with Gasteiger partial charge in [-0.3, -0.25) is 0 Å². The van der Waals surface area contributed by atoms with Gasteiger partial charge < -0.3 is 9.32 Å². The molecule has 1 heterocycles. The summed E-state index contributed by atoms with van der Waals surface area (Å²) in [6, 6.07) is 40.7. The highest BCUT2D eigenvalue weighted by Gasteiger charge is 2.37. The minimum Gasteiger partial charge on any atom is -0.454 e. The van der Waals surface area contributed by atoms with Gasteiger partial charge in [-0.15, -0.1) is 0 Å². The van der Waals surface area contributed by atoms with Gasteiger partial charge in [-0.1, -0.05) is 92.7 Å². The van der Waals surface area contributed by atoms with E-state index in [1.165, 1.54) is 27.6 Å². The van der Waals surface area contributed by atoms with E-state index in [2.05, 4.69) is 134 Å². The summed E-state index contributed by atoms with van der Waals surface area (Å²) in [4.78, 5) is 2.28. The maximum Gasteiger partial charge on any atom is 0.159 e. The molecule has 0 radical (unpaired) electrons. The Morgan fingerprint density at radius 3 is 1.97 bits per heavy atom. The van der Waals surface area contributed by atoms with Crippen LogP contribution in [0.1, 0.15) is 25.0 Å². The lowest BCUT2D eigenvalue weighted by Gasteiger charge is -2.25. The van der Waals surface area contributed by atoms with Crippen LogP contribution >= 0.6 is 0 Å². The second kappa shape index (κ2) is 7.35. The summed E-state index contributed by atoms with van der Waals surface area (Å²) in [7, 11) is 0. The van der Waals surface area contributed by atoms with Crippen molar-refractivity contribution < 1.29 is 4.42 Å². The van der Waals surface area contributed by atoms with Crippen LogP contribution < -0.4 is 4.90 Å². The molecule has 0 bridgehead atoms. The van der Waals surface area contributed by atoms with Crippen molar-refractivity contribution in [3.05, 3.63) is 126 Å². The number of rotatable bonds is 3. The monoisotopic (exact) mass is 451 g/mol. The van der Waals surface area contributed by atoms with E-state index in [-0.39, 0.29) is 5.41 Å². The Hall–Kier alpha value is -4.30. The number of anilines is 3. The largest absolute Gasteiger partial charge is 0.454 e. The van der Waals surface area contributed by atoms with Crippen LogP contribution in [0, 0.1) is 0 Å². The molecule has 0 N–H and O–H groups in total. The minimum absolute atomic E-state index is 0.0402. The summed E-state index contributed by atoms with van der Waals surface area (Å²) in [6.45, 7) is 4.65. The summed E-state index contributed by atoms with van der Waals surface area (Å²) in [5.74, 6) is 0. The van der Waals surface area contributed by atoms with Crippen LogP contribution in [0.15, 0.2) is 120 Å². The van der Waals surface area contributed by atoms with Gasteiger partial charge in [0.05, 0.1) is 5.69 Å². The molecule has 0 saturated carbocycles. The molecular formula is C33H25NO. The summed E-state index contributed by atoms with van der Waals surface area (Å²) >= 11 is 0. The third-order valence-electron chi connectivity index (χ3n) is 7.46. The number of para-hydroxylation sites is 3. The summed E-state index contributed by atoms with van der Waals surface area (Å²) in [5, 5.41) is 2.36. The predicted octanol–water partition coefficient (Wildman–Crippen LogP) is 9.36. The van der Waals surface area contributed by atoms with Gasteiger partial charge in [0.1, 0.15) is 5.58 Å². The van der Waals surface area contributed by atoms with Gasteiger partial charge in [0, 0.05) is 27.6 Å². The zero-order valence-electron chi connectivity index (χ0n) is 19.8. The first-order chi connectivity index (χ1) is 17.1. The van der Waals surface area contributed by atoms with Crippen molar-refractivity contribution in [1.82, 2.24) is 0 Å². The number of benzene rings is 5. The molecule has 0 unspecified atom stereocenters. The van der Waals surface area contributed by atoms with E-state index in [1.807, 2.05) is 0 Å². The highest BCUT2D eigenvalue weighted by atomic mass is 16.3. The van der Waals surface area contributed by atoms with E-state index >= 15 is 0 Å². The second-order valence-electron chi connectivity index (χ2n) is 9.79. The molecular weight excluding hydrogens is 426 g/mol. The minimum atomic E-state index is -0.0402. The molecule has 168 valence electrons. The Balaban J connectivity index is 1.56. The van der Waals surface area contributed by atoms with Crippen molar-refractivity contribution >= 4 is 39.0 Å². The molecule has 6 aromatic rings. The van der Waals surface area contributed by atoms with Crippen molar-refractivity contribution in [2.24, 2.45) is 0 Å². The lowest BCUT2D eigenvalue weighted by molar-refractivity contribution is 0.656. The summed E-state index contributed by atoms with van der Waals surface area (Å²) < 4.78 is 6.67. The third-order valence-corrected chi connectivity index (χ3v) is 7.46. The van der Waals surface area contributed by atoms with Gasteiger partial charge in [0.2, 0.25) is 0 Å². The Morgan fingerprint density at radius 2 is 1.26 bits per heavy atom. The van der Waals surface area contributed by atoms with Crippen LogP contribution in [0.2, 0.25) is 0 Å². The van der Waals surface area contributed by atoms with E-state index in [1.54, 1.807) is 0 Å². The van der Waals surface area contributed by atoms with Crippen LogP contribution in [0.5, 0.6) is 0 Å². The molecule has 2 heteroatoms. The van der Waals surface area contributed by atoms with Crippen molar-refractivity contribution in [2.75, 3.05) is 4.90 Å². The molecule has 35 heavy (non-hydrogen) atoms. The fourth-order valence-electron chi connectivity index (χ4n) is 5.82. The Kier molecular flexibility index (Phi) is 4.22. The highest BCUT2D eigenvalue weighted by molar-refractivity contribution is 6.17. The molecule has 0 aliphatic heterocycles. The van der Waals surface area contributed by atoms with Crippen LogP contribution in [-0.4, -0.2) is 0 Å².